The van der Waals surface area contributed by atoms with E-state index in [0.29, 0.717) is 0 Å². The minimum atomic E-state index is -0.467. The molecule has 0 spiro atoms. The smallest absolute Gasteiger partial charge is 0.328 e. The Balaban J connectivity index is 1.50. The van der Waals surface area contributed by atoms with Gasteiger partial charge in [0.15, 0.2) is 6.61 Å². The fraction of sp³-hybridized carbons (Fsp3) is 0.421. The number of carbonyl (C=O) groups excluding carboxylic acids is 2. The summed E-state index contributed by atoms with van der Waals surface area (Å²) in [5.74, 6) is -0.742. The summed E-state index contributed by atoms with van der Waals surface area (Å²) in [6.45, 7) is 3.49. The Bertz CT molecular complexity index is 782. The van der Waals surface area contributed by atoms with Crippen LogP contribution in [0.25, 0.3) is 0 Å². The number of benzene rings is 1. The van der Waals surface area contributed by atoms with Crippen LogP contribution in [0.4, 0.5) is 0 Å². The van der Waals surface area contributed by atoms with Gasteiger partial charge in [0.1, 0.15) is 6.54 Å². The number of hydrogen-bond donors (Lipinski definition) is 1. The molecule has 6 heteroatoms. The second-order valence-corrected chi connectivity index (χ2v) is 6.46. The lowest BCUT2D eigenvalue weighted by Crippen LogP contribution is -2.34. The first-order valence-electron chi connectivity index (χ1n) is 8.57. The van der Waals surface area contributed by atoms with Crippen LogP contribution in [-0.4, -0.2) is 28.3 Å². The van der Waals surface area contributed by atoms with Crippen LogP contribution in [0.5, 0.6) is 0 Å². The van der Waals surface area contributed by atoms with Crippen LogP contribution in [0.1, 0.15) is 41.4 Å². The number of nitrogens with one attached hydrogen (secondary N) is 1. The van der Waals surface area contributed by atoms with E-state index in [1.165, 1.54) is 5.56 Å². The lowest BCUT2D eigenvalue weighted by molar-refractivity contribution is -0.149. The van der Waals surface area contributed by atoms with Gasteiger partial charge in [0.2, 0.25) is 0 Å². The van der Waals surface area contributed by atoms with Gasteiger partial charge in [-0.2, -0.15) is 5.10 Å². The second kappa shape index (κ2) is 7.51. The quantitative estimate of drug-likeness (QED) is 0.847. The Morgan fingerprint density at radius 2 is 2.12 bits per heavy atom. The number of aryl methyl sites for hydroxylation is 3. The van der Waals surface area contributed by atoms with Crippen LogP contribution in [0.15, 0.2) is 30.3 Å². The Kier molecular flexibility index (Phi) is 5.16. The van der Waals surface area contributed by atoms with Gasteiger partial charge in [-0.1, -0.05) is 24.3 Å². The zero-order valence-corrected chi connectivity index (χ0v) is 14.6. The van der Waals surface area contributed by atoms with Gasteiger partial charge in [0, 0.05) is 5.69 Å². The Labute approximate surface area is 147 Å². The monoisotopic (exact) mass is 341 g/mol. The zero-order chi connectivity index (χ0) is 17.8. The number of hydrogen-bond acceptors (Lipinski definition) is 4. The molecule has 0 aliphatic heterocycles. The van der Waals surface area contributed by atoms with Crippen molar-refractivity contribution in [1.82, 2.24) is 15.1 Å². The standard InChI is InChI=1S/C19H23N3O3/c1-13-10-14(2)22(21-13)11-19(24)25-12-18(23)20-17-9-5-7-15-6-3-4-8-16(15)17/h3-4,6,8,10,17H,5,7,9,11-12H2,1-2H3,(H,20,23). The van der Waals surface area contributed by atoms with E-state index in [9.17, 15) is 9.59 Å². The molecule has 6 nitrogen and oxygen atoms in total. The highest BCUT2D eigenvalue weighted by molar-refractivity contribution is 5.80. The first-order valence-corrected chi connectivity index (χ1v) is 8.57. The molecule has 0 saturated carbocycles. The van der Waals surface area contributed by atoms with Gasteiger partial charge in [0.25, 0.3) is 5.91 Å². The van der Waals surface area contributed by atoms with Crippen molar-refractivity contribution in [2.75, 3.05) is 6.61 Å². The van der Waals surface area contributed by atoms with E-state index in [0.717, 1.165) is 36.2 Å². The highest BCUT2D eigenvalue weighted by Gasteiger charge is 2.21. The summed E-state index contributed by atoms with van der Waals surface area (Å²) >= 11 is 0. The Hall–Kier alpha value is -2.63. The summed E-state index contributed by atoms with van der Waals surface area (Å²) < 4.78 is 6.67. The third-order valence-corrected chi connectivity index (χ3v) is 4.45. The summed E-state index contributed by atoms with van der Waals surface area (Å²) in [6.07, 6.45) is 2.99. The molecule has 0 saturated heterocycles. The summed E-state index contributed by atoms with van der Waals surface area (Å²) in [4.78, 5) is 24.0. The van der Waals surface area contributed by atoms with Crippen molar-refractivity contribution < 1.29 is 14.3 Å². The highest BCUT2D eigenvalue weighted by atomic mass is 16.5. The topological polar surface area (TPSA) is 73.2 Å². The molecule has 1 unspecified atom stereocenters. The van der Waals surface area contributed by atoms with Gasteiger partial charge in [-0.25, -0.2) is 0 Å². The predicted molar refractivity (Wildman–Crippen MR) is 92.9 cm³/mol. The number of fused-ring (bicyclic) bond motifs is 1. The summed E-state index contributed by atoms with van der Waals surface area (Å²) in [7, 11) is 0. The molecular weight excluding hydrogens is 318 g/mol. The minimum Gasteiger partial charge on any atom is -0.454 e. The highest BCUT2D eigenvalue weighted by Crippen LogP contribution is 2.29. The van der Waals surface area contributed by atoms with Crippen LogP contribution >= 0.6 is 0 Å². The first-order chi connectivity index (χ1) is 12.0. The molecule has 2 aromatic rings. The van der Waals surface area contributed by atoms with Crippen molar-refractivity contribution in [1.29, 1.82) is 0 Å². The summed E-state index contributed by atoms with van der Waals surface area (Å²) in [5, 5.41) is 7.18. The maximum atomic E-state index is 12.1. The second-order valence-electron chi connectivity index (χ2n) is 6.46. The van der Waals surface area contributed by atoms with Gasteiger partial charge in [-0.05, 0) is 50.3 Å². The fourth-order valence-corrected chi connectivity index (χ4v) is 3.29. The van der Waals surface area contributed by atoms with E-state index in [2.05, 4.69) is 16.5 Å². The summed E-state index contributed by atoms with van der Waals surface area (Å²) in [6, 6.07) is 10.0. The van der Waals surface area contributed by atoms with Crippen molar-refractivity contribution in [2.24, 2.45) is 0 Å². The molecule has 132 valence electrons. The normalized spacial score (nSPS) is 16.2. The number of esters is 1. The third kappa shape index (κ3) is 4.26. The van der Waals surface area contributed by atoms with Crippen LogP contribution in [0, 0.1) is 13.8 Å². The van der Waals surface area contributed by atoms with Crippen LogP contribution in [-0.2, 0) is 27.3 Å². The molecule has 25 heavy (non-hydrogen) atoms. The Morgan fingerprint density at radius 3 is 2.88 bits per heavy atom. The van der Waals surface area contributed by atoms with E-state index >= 15 is 0 Å². The molecular formula is C19H23N3O3. The molecule has 1 atom stereocenters. The molecule has 1 heterocycles. The molecule has 0 bridgehead atoms. The maximum Gasteiger partial charge on any atom is 0.328 e. The zero-order valence-electron chi connectivity index (χ0n) is 14.6. The van der Waals surface area contributed by atoms with Gasteiger partial charge >= 0.3 is 5.97 Å². The SMILES string of the molecule is Cc1cc(C)n(CC(=O)OCC(=O)NC2CCCc3ccccc32)n1. The number of rotatable bonds is 5. The molecule has 1 aliphatic carbocycles. The number of aromatic nitrogens is 2. The van der Waals surface area contributed by atoms with Crippen molar-refractivity contribution in [2.45, 2.75) is 45.7 Å². The van der Waals surface area contributed by atoms with E-state index in [4.69, 9.17) is 4.74 Å². The van der Waals surface area contributed by atoms with Crippen molar-refractivity contribution in [3.8, 4) is 0 Å². The third-order valence-electron chi connectivity index (χ3n) is 4.45. The van der Waals surface area contributed by atoms with E-state index in [1.807, 2.05) is 38.1 Å². The summed E-state index contributed by atoms with van der Waals surface area (Å²) in [5.41, 5.74) is 4.17. The van der Waals surface area contributed by atoms with Gasteiger partial charge in [0.05, 0.1) is 11.7 Å². The number of nitrogens with zero attached hydrogens (tertiary/aromatic N) is 2. The molecule has 1 N–H and O–H groups in total. The van der Waals surface area contributed by atoms with Gasteiger partial charge in [-0.3, -0.25) is 14.3 Å². The Morgan fingerprint density at radius 1 is 1.32 bits per heavy atom. The van der Waals surface area contributed by atoms with Crippen LogP contribution in [0.3, 0.4) is 0 Å². The van der Waals surface area contributed by atoms with Gasteiger partial charge in [-0.15, -0.1) is 0 Å². The van der Waals surface area contributed by atoms with Crippen LogP contribution < -0.4 is 5.32 Å². The number of carbonyl (C=O) groups is 2. The minimum absolute atomic E-state index is 0.00726. The molecule has 0 fully saturated rings. The number of amides is 1. The van der Waals surface area contributed by atoms with Gasteiger partial charge < -0.3 is 10.1 Å². The van der Waals surface area contributed by atoms with E-state index in [1.54, 1.807) is 4.68 Å². The molecule has 1 amide bonds. The largest absolute Gasteiger partial charge is 0.454 e. The average Bonchev–Trinajstić information content (AvgIpc) is 2.90. The molecule has 3 rings (SSSR count). The first kappa shape index (κ1) is 17.2. The molecule has 1 aromatic heterocycles. The average molecular weight is 341 g/mol. The lowest BCUT2D eigenvalue weighted by atomic mass is 9.88. The predicted octanol–water partition coefficient (Wildman–Crippen LogP) is 2.24. The van der Waals surface area contributed by atoms with E-state index in [-0.39, 0.29) is 25.1 Å². The fourth-order valence-electron chi connectivity index (χ4n) is 3.29. The van der Waals surface area contributed by atoms with Crippen molar-refractivity contribution in [3.63, 3.8) is 0 Å². The molecule has 1 aliphatic rings. The van der Waals surface area contributed by atoms with Crippen molar-refractivity contribution >= 4 is 11.9 Å². The van der Waals surface area contributed by atoms with E-state index < -0.39 is 5.97 Å². The molecule has 0 radical (unpaired) electrons. The molecule has 1 aromatic carbocycles. The van der Waals surface area contributed by atoms with Crippen molar-refractivity contribution in [3.05, 3.63) is 52.8 Å². The lowest BCUT2D eigenvalue weighted by Gasteiger charge is -2.26. The van der Waals surface area contributed by atoms with Crippen LogP contribution in [0.2, 0.25) is 0 Å². The number of ether oxygens (including phenoxy) is 1. The maximum absolute atomic E-state index is 12.1.